The molecule has 1 amide bonds. The first-order chi connectivity index (χ1) is 11.7. The molecule has 1 aromatic heterocycles. The number of benzene rings is 2. The van der Waals surface area contributed by atoms with Gasteiger partial charge in [-0.2, -0.15) is 5.10 Å². The molecular formula is C18H16FN3OS. The van der Waals surface area contributed by atoms with Crippen LogP contribution in [0, 0.1) is 5.82 Å². The van der Waals surface area contributed by atoms with E-state index in [4.69, 9.17) is 0 Å². The molecule has 0 radical (unpaired) electrons. The van der Waals surface area contributed by atoms with E-state index in [9.17, 15) is 9.18 Å². The summed E-state index contributed by atoms with van der Waals surface area (Å²) in [6.45, 7) is 0.321. The third-order valence-corrected chi connectivity index (χ3v) is 4.33. The van der Waals surface area contributed by atoms with Crippen molar-refractivity contribution in [2.75, 3.05) is 11.1 Å². The number of hydrogen-bond donors (Lipinski definition) is 1. The van der Waals surface area contributed by atoms with E-state index in [1.807, 2.05) is 30.3 Å². The number of nitrogens with zero attached hydrogens (tertiary/aromatic N) is 2. The van der Waals surface area contributed by atoms with Crippen molar-refractivity contribution in [2.45, 2.75) is 11.4 Å². The molecule has 0 fully saturated rings. The van der Waals surface area contributed by atoms with Crippen LogP contribution in [0.5, 0.6) is 0 Å². The Morgan fingerprint density at radius 3 is 2.67 bits per heavy atom. The molecule has 24 heavy (non-hydrogen) atoms. The Morgan fingerprint density at radius 2 is 1.88 bits per heavy atom. The largest absolute Gasteiger partial charge is 0.323 e. The lowest BCUT2D eigenvalue weighted by molar-refractivity contribution is -0.113. The first kappa shape index (κ1) is 16.3. The Hall–Kier alpha value is -2.60. The van der Waals surface area contributed by atoms with Crippen LogP contribution < -0.4 is 5.32 Å². The SMILES string of the molecule is O=C(CSc1ccccc1)Nc1cnn(Cc2ccccc2F)c1. The third kappa shape index (κ3) is 4.45. The van der Waals surface area contributed by atoms with Crippen LogP contribution in [0.2, 0.25) is 0 Å². The van der Waals surface area contributed by atoms with Gasteiger partial charge in [0.15, 0.2) is 0 Å². The molecule has 6 heteroatoms. The molecule has 122 valence electrons. The second-order valence-electron chi connectivity index (χ2n) is 5.17. The summed E-state index contributed by atoms with van der Waals surface area (Å²) in [5.74, 6) is -0.0465. The summed E-state index contributed by atoms with van der Waals surface area (Å²) in [5, 5.41) is 6.95. The number of rotatable bonds is 6. The van der Waals surface area contributed by atoms with E-state index in [-0.39, 0.29) is 11.7 Å². The molecule has 0 saturated heterocycles. The molecule has 2 aromatic carbocycles. The maximum absolute atomic E-state index is 13.6. The van der Waals surface area contributed by atoms with Crippen LogP contribution in [0.3, 0.4) is 0 Å². The van der Waals surface area contributed by atoms with Gasteiger partial charge in [0, 0.05) is 16.7 Å². The summed E-state index contributed by atoms with van der Waals surface area (Å²) >= 11 is 1.47. The number of thioether (sulfide) groups is 1. The first-order valence-electron chi connectivity index (χ1n) is 7.44. The Bertz CT molecular complexity index is 820. The minimum absolute atomic E-state index is 0.103. The van der Waals surface area contributed by atoms with Gasteiger partial charge in [-0.15, -0.1) is 11.8 Å². The Balaban J connectivity index is 1.54. The fraction of sp³-hybridized carbons (Fsp3) is 0.111. The van der Waals surface area contributed by atoms with E-state index in [0.29, 0.717) is 23.5 Å². The number of aromatic nitrogens is 2. The molecule has 0 bridgehead atoms. The van der Waals surface area contributed by atoms with E-state index >= 15 is 0 Å². The molecular weight excluding hydrogens is 325 g/mol. The van der Waals surface area contributed by atoms with Crippen LogP contribution >= 0.6 is 11.8 Å². The van der Waals surface area contributed by atoms with Gasteiger partial charge in [-0.1, -0.05) is 36.4 Å². The number of carbonyl (C=O) groups is 1. The average molecular weight is 341 g/mol. The minimum atomic E-state index is -0.266. The van der Waals surface area contributed by atoms with E-state index < -0.39 is 0 Å². The van der Waals surface area contributed by atoms with Crippen LogP contribution in [0.1, 0.15) is 5.56 Å². The lowest BCUT2D eigenvalue weighted by Gasteiger charge is -2.04. The van der Waals surface area contributed by atoms with Gasteiger partial charge >= 0.3 is 0 Å². The van der Waals surface area contributed by atoms with Gasteiger partial charge in [-0.3, -0.25) is 9.48 Å². The van der Waals surface area contributed by atoms with E-state index in [0.717, 1.165) is 4.90 Å². The lowest BCUT2D eigenvalue weighted by Crippen LogP contribution is -2.13. The number of nitrogens with one attached hydrogen (secondary N) is 1. The molecule has 0 unspecified atom stereocenters. The Morgan fingerprint density at radius 1 is 1.12 bits per heavy atom. The normalized spacial score (nSPS) is 10.5. The summed E-state index contributed by atoms with van der Waals surface area (Å²) in [5.41, 5.74) is 1.16. The van der Waals surface area contributed by atoms with Crippen LogP contribution in [0.4, 0.5) is 10.1 Å². The number of anilines is 1. The summed E-state index contributed by atoms with van der Waals surface area (Å²) in [6, 6.07) is 16.3. The lowest BCUT2D eigenvalue weighted by atomic mass is 10.2. The first-order valence-corrected chi connectivity index (χ1v) is 8.43. The summed E-state index contributed by atoms with van der Waals surface area (Å²) in [7, 11) is 0. The molecule has 3 rings (SSSR count). The van der Waals surface area contributed by atoms with Crippen molar-refractivity contribution in [3.05, 3.63) is 78.4 Å². The summed E-state index contributed by atoms with van der Waals surface area (Å²) in [4.78, 5) is 13.0. The second-order valence-corrected chi connectivity index (χ2v) is 6.22. The van der Waals surface area contributed by atoms with E-state index in [1.165, 1.54) is 17.8 Å². The van der Waals surface area contributed by atoms with Gasteiger partial charge in [0.05, 0.1) is 24.2 Å². The van der Waals surface area contributed by atoms with Crippen molar-refractivity contribution in [1.82, 2.24) is 9.78 Å². The van der Waals surface area contributed by atoms with Crippen molar-refractivity contribution in [2.24, 2.45) is 0 Å². The molecule has 0 spiro atoms. The number of carbonyl (C=O) groups excluding carboxylic acids is 1. The van der Waals surface area contributed by atoms with Gasteiger partial charge in [0.1, 0.15) is 5.82 Å². The van der Waals surface area contributed by atoms with Crippen molar-refractivity contribution in [3.8, 4) is 0 Å². The molecule has 1 N–H and O–H groups in total. The van der Waals surface area contributed by atoms with Crippen molar-refractivity contribution < 1.29 is 9.18 Å². The topological polar surface area (TPSA) is 46.9 Å². The average Bonchev–Trinajstić information content (AvgIpc) is 3.03. The smallest absolute Gasteiger partial charge is 0.234 e. The fourth-order valence-corrected chi connectivity index (χ4v) is 2.90. The molecule has 0 aliphatic heterocycles. The molecule has 0 aliphatic rings. The molecule has 1 heterocycles. The molecule has 0 aliphatic carbocycles. The number of hydrogen-bond acceptors (Lipinski definition) is 3. The predicted molar refractivity (Wildman–Crippen MR) is 93.5 cm³/mol. The fourth-order valence-electron chi connectivity index (χ4n) is 2.18. The highest BCUT2D eigenvalue weighted by atomic mass is 32.2. The highest BCUT2D eigenvalue weighted by Gasteiger charge is 2.07. The number of halogens is 1. The van der Waals surface area contributed by atoms with Gasteiger partial charge < -0.3 is 5.32 Å². The second kappa shape index (κ2) is 7.79. The van der Waals surface area contributed by atoms with E-state index in [2.05, 4.69) is 10.4 Å². The van der Waals surface area contributed by atoms with Crippen LogP contribution in [-0.4, -0.2) is 21.4 Å². The van der Waals surface area contributed by atoms with Crippen molar-refractivity contribution in [1.29, 1.82) is 0 Å². The zero-order chi connectivity index (χ0) is 16.8. The molecule has 0 saturated carbocycles. The zero-order valence-corrected chi connectivity index (χ0v) is 13.7. The molecule has 4 nitrogen and oxygen atoms in total. The minimum Gasteiger partial charge on any atom is -0.323 e. The Kier molecular flexibility index (Phi) is 5.28. The molecule has 3 aromatic rings. The standard InChI is InChI=1S/C18H16FN3OS/c19-17-9-5-4-6-14(17)11-22-12-15(10-20-22)21-18(23)13-24-16-7-2-1-3-8-16/h1-10,12H,11,13H2,(H,21,23). The van der Waals surface area contributed by atoms with Gasteiger partial charge in [0.25, 0.3) is 0 Å². The highest BCUT2D eigenvalue weighted by Crippen LogP contribution is 2.17. The van der Waals surface area contributed by atoms with Gasteiger partial charge in [-0.25, -0.2) is 4.39 Å². The maximum atomic E-state index is 13.6. The summed E-state index contributed by atoms with van der Waals surface area (Å²) in [6.07, 6.45) is 3.25. The number of amides is 1. The highest BCUT2D eigenvalue weighted by molar-refractivity contribution is 8.00. The monoisotopic (exact) mass is 341 g/mol. The zero-order valence-electron chi connectivity index (χ0n) is 12.9. The van der Waals surface area contributed by atoms with Crippen LogP contribution in [0.15, 0.2) is 71.9 Å². The Labute approximate surface area is 143 Å². The predicted octanol–water partition coefficient (Wildman–Crippen LogP) is 3.80. The quantitative estimate of drug-likeness (QED) is 0.694. The molecule has 0 atom stereocenters. The third-order valence-electron chi connectivity index (χ3n) is 3.32. The summed E-state index contributed by atoms with van der Waals surface area (Å²) < 4.78 is 15.2. The van der Waals surface area contributed by atoms with Crippen molar-refractivity contribution >= 4 is 23.4 Å². The van der Waals surface area contributed by atoms with Gasteiger partial charge in [-0.05, 0) is 18.2 Å². The van der Waals surface area contributed by atoms with Crippen LogP contribution in [-0.2, 0) is 11.3 Å². The van der Waals surface area contributed by atoms with E-state index in [1.54, 1.807) is 35.3 Å². The van der Waals surface area contributed by atoms with Crippen molar-refractivity contribution in [3.63, 3.8) is 0 Å². The van der Waals surface area contributed by atoms with Crippen LogP contribution in [0.25, 0.3) is 0 Å². The maximum Gasteiger partial charge on any atom is 0.234 e. The van der Waals surface area contributed by atoms with Gasteiger partial charge in [0.2, 0.25) is 5.91 Å².